The van der Waals surface area contributed by atoms with Gasteiger partial charge in [0.2, 0.25) is 5.75 Å². The summed E-state index contributed by atoms with van der Waals surface area (Å²) in [4.78, 5) is 9.68. The summed E-state index contributed by atoms with van der Waals surface area (Å²) in [7, 11) is -3.22. The molecule has 2 aromatic rings. The van der Waals surface area contributed by atoms with Gasteiger partial charge in [-0.3, -0.25) is 10.1 Å². The van der Waals surface area contributed by atoms with Gasteiger partial charge in [0.15, 0.2) is 0 Å². The second kappa shape index (κ2) is 6.50. The molecule has 23 heavy (non-hydrogen) atoms. The van der Waals surface area contributed by atoms with E-state index in [-0.39, 0.29) is 10.6 Å². The van der Waals surface area contributed by atoms with Gasteiger partial charge in [-0.05, 0) is 24.3 Å². The summed E-state index contributed by atoms with van der Waals surface area (Å²) >= 11 is 3.11. The number of halogens is 2. The summed E-state index contributed by atoms with van der Waals surface area (Å²) in [5.74, 6) is -1.62. The fraction of sp³-hybridized carbons (Fsp3) is 0.0769. The van der Waals surface area contributed by atoms with Crippen LogP contribution >= 0.6 is 15.9 Å². The zero-order valence-electron chi connectivity index (χ0n) is 11.5. The fourth-order valence-corrected chi connectivity index (χ4v) is 3.36. The smallest absolute Gasteiger partial charge is 0.343 e. The molecule has 0 aliphatic rings. The summed E-state index contributed by atoms with van der Waals surface area (Å²) in [6.07, 6.45) is 0. The van der Waals surface area contributed by atoms with E-state index in [1.807, 2.05) is 0 Å². The monoisotopic (exact) mass is 405 g/mol. The number of hydrogen-bond donors (Lipinski definition) is 0. The molecule has 0 heterocycles. The molecule has 0 fully saturated rings. The Labute approximate surface area is 139 Å². The van der Waals surface area contributed by atoms with E-state index in [0.29, 0.717) is 10.5 Å². The number of nitro benzene ring substituents is 1. The van der Waals surface area contributed by atoms with Gasteiger partial charge in [-0.2, -0.15) is 8.42 Å². The minimum absolute atomic E-state index is 0.0211. The molecule has 0 saturated heterocycles. The van der Waals surface area contributed by atoms with Crippen molar-refractivity contribution < 1.29 is 26.7 Å². The predicted octanol–water partition coefficient (Wildman–Crippen LogP) is 3.27. The van der Waals surface area contributed by atoms with Crippen molar-refractivity contribution in [1.82, 2.24) is 0 Å². The van der Waals surface area contributed by atoms with Crippen LogP contribution in [-0.2, 0) is 10.1 Å². The Morgan fingerprint density at radius 1 is 1.17 bits per heavy atom. The van der Waals surface area contributed by atoms with Crippen LogP contribution in [0.5, 0.6) is 11.5 Å². The van der Waals surface area contributed by atoms with Crippen molar-refractivity contribution in [3.8, 4) is 11.5 Å². The molecule has 0 saturated carbocycles. The van der Waals surface area contributed by atoms with Gasteiger partial charge in [0.05, 0.1) is 12.0 Å². The molecule has 0 bridgehead atoms. The van der Waals surface area contributed by atoms with Crippen LogP contribution < -0.4 is 8.92 Å². The van der Waals surface area contributed by atoms with Crippen LogP contribution in [0.15, 0.2) is 45.8 Å². The quantitative estimate of drug-likeness (QED) is 0.430. The molecule has 0 atom stereocenters. The van der Waals surface area contributed by atoms with E-state index in [4.69, 9.17) is 8.92 Å². The van der Waals surface area contributed by atoms with E-state index < -0.39 is 32.3 Å². The Morgan fingerprint density at radius 3 is 2.48 bits per heavy atom. The van der Waals surface area contributed by atoms with E-state index in [1.54, 1.807) is 6.07 Å². The van der Waals surface area contributed by atoms with Gasteiger partial charge in [0.25, 0.3) is 0 Å². The van der Waals surface area contributed by atoms with Crippen LogP contribution in [-0.4, -0.2) is 20.5 Å². The molecule has 0 spiro atoms. The first-order chi connectivity index (χ1) is 10.7. The van der Waals surface area contributed by atoms with Crippen LogP contribution in [0.1, 0.15) is 0 Å². The van der Waals surface area contributed by atoms with Crippen molar-refractivity contribution in [2.75, 3.05) is 7.11 Å². The molecule has 0 aromatic heterocycles. The van der Waals surface area contributed by atoms with Crippen LogP contribution in [0.25, 0.3) is 0 Å². The Kier molecular flexibility index (Phi) is 4.85. The molecule has 0 unspecified atom stereocenters. The van der Waals surface area contributed by atoms with Crippen LogP contribution in [0, 0.1) is 15.9 Å². The summed E-state index contributed by atoms with van der Waals surface area (Å²) in [6, 6.07) is 6.40. The number of benzene rings is 2. The number of rotatable bonds is 5. The Hall–Kier alpha value is -2.20. The third kappa shape index (κ3) is 3.77. The number of hydrogen-bond acceptors (Lipinski definition) is 6. The van der Waals surface area contributed by atoms with Gasteiger partial charge in [0.1, 0.15) is 16.5 Å². The molecule has 0 amide bonds. The van der Waals surface area contributed by atoms with Crippen molar-refractivity contribution in [2.45, 2.75) is 4.90 Å². The molecule has 0 aliphatic carbocycles. The number of methoxy groups -OCH3 is 1. The van der Waals surface area contributed by atoms with E-state index in [9.17, 15) is 22.9 Å². The zero-order valence-corrected chi connectivity index (χ0v) is 13.9. The second-order valence-electron chi connectivity index (χ2n) is 4.20. The highest BCUT2D eigenvalue weighted by atomic mass is 79.9. The second-order valence-corrected chi connectivity index (χ2v) is 6.63. The van der Waals surface area contributed by atoms with Crippen molar-refractivity contribution in [3.63, 3.8) is 0 Å². The summed E-state index contributed by atoms with van der Waals surface area (Å²) in [5.41, 5.74) is -0.677. The maximum Gasteiger partial charge on any atom is 0.343 e. The fourth-order valence-electron chi connectivity index (χ4n) is 1.71. The van der Waals surface area contributed by atoms with Crippen molar-refractivity contribution in [1.29, 1.82) is 0 Å². The SMILES string of the molecule is COc1ccc(Br)cc1S(=O)(=O)Oc1cc(F)ccc1[N+](=O)[O-]. The lowest BCUT2D eigenvalue weighted by molar-refractivity contribution is -0.385. The van der Waals surface area contributed by atoms with E-state index in [1.165, 1.54) is 19.2 Å². The van der Waals surface area contributed by atoms with Crippen molar-refractivity contribution in [3.05, 3.63) is 56.8 Å². The minimum Gasteiger partial charge on any atom is -0.495 e. The first-order valence-electron chi connectivity index (χ1n) is 5.96. The normalized spacial score (nSPS) is 11.1. The van der Waals surface area contributed by atoms with Crippen molar-refractivity contribution in [2.24, 2.45) is 0 Å². The summed E-state index contributed by atoms with van der Waals surface area (Å²) in [6.45, 7) is 0. The van der Waals surface area contributed by atoms with Gasteiger partial charge >= 0.3 is 15.8 Å². The van der Waals surface area contributed by atoms with Gasteiger partial charge in [0, 0.05) is 16.6 Å². The highest BCUT2D eigenvalue weighted by Crippen LogP contribution is 2.33. The maximum absolute atomic E-state index is 13.3. The van der Waals surface area contributed by atoms with Crippen LogP contribution in [0.3, 0.4) is 0 Å². The van der Waals surface area contributed by atoms with E-state index >= 15 is 0 Å². The van der Waals surface area contributed by atoms with Gasteiger partial charge in [-0.1, -0.05) is 15.9 Å². The zero-order chi connectivity index (χ0) is 17.2. The molecule has 0 N–H and O–H groups in total. The lowest BCUT2D eigenvalue weighted by Crippen LogP contribution is -2.12. The van der Waals surface area contributed by atoms with Gasteiger partial charge in [-0.25, -0.2) is 4.39 Å². The third-order valence-electron chi connectivity index (χ3n) is 2.71. The number of ether oxygens (including phenoxy) is 1. The number of nitrogens with zero attached hydrogens (tertiary/aromatic N) is 1. The topological polar surface area (TPSA) is 95.7 Å². The first-order valence-corrected chi connectivity index (χ1v) is 8.16. The molecule has 0 radical (unpaired) electrons. The Bertz CT molecular complexity index is 871. The Balaban J connectivity index is 2.53. The van der Waals surface area contributed by atoms with Crippen LogP contribution in [0.2, 0.25) is 0 Å². The average Bonchev–Trinajstić information content (AvgIpc) is 2.46. The summed E-state index contributed by atoms with van der Waals surface area (Å²) < 4.78 is 48.1. The van der Waals surface area contributed by atoms with E-state index in [2.05, 4.69) is 15.9 Å². The molecular weight excluding hydrogens is 397 g/mol. The van der Waals surface area contributed by atoms with E-state index in [0.717, 1.165) is 12.1 Å². The Morgan fingerprint density at radius 2 is 1.87 bits per heavy atom. The first kappa shape index (κ1) is 17.2. The predicted molar refractivity (Wildman–Crippen MR) is 81.6 cm³/mol. The molecule has 2 aromatic carbocycles. The largest absolute Gasteiger partial charge is 0.495 e. The highest BCUT2D eigenvalue weighted by Gasteiger charge is 2.27. The molecule has 7 nitrogen and oxygen atoms in total. The lowest BCUT2D eigenvalue weighted by Gasteiger charge is -2.11. The molecule has 0 aliphatic heterocycles. The highest BCUT2D eigenvalue weighted by molar-refractivity contribution is 9.10. The average molecular weight is 406 g/mol. The maximum atomic E-state index is 13.3. The van der Waals surface area contributed by atoms with Gasteiger partial charge < -0.3 is 8.92 Å². The molecule has 2 rings (SSSR count). The van der Waals surface area contributed by atoms with Crippen LogP contribution in [0.4, 0.5) is 10.1 Å². The van der Waals surface area contributed by atoms with Gasteiger partial charge in [-0.15, -0.1) is 0 Å². The molecule has 122 valence electrons. The number of nitro groups is 1. The lowest BCUT2D eigenvalue weighted by atomic mass is 10.3. The summed E-state index contributed by atoms with van der Waals surface area (Å²) in [5, 5.41) is 10.9. The minimum atomic E-state index is -4.48. The van der Waals surface area contributed by atoms with Crippen molar-refractivity contribution >= 4 is 31.7 Å². The molecule has 10 heteroatoms. The third-order valence-corrected chi connectivity index (χ3v) is 4.46. The standard InChI is InChI=1S/C13H9BrFNO6S/c1-21-11-5-2-8(14)6-13(11)23(19,20)22-12-7-9(15)3-4-10(12)16(17)18/h2-7H,1H3. The molecular formula is C13H9BrFNO6S.